The Balaban J connectivity index is 1.99. The van der Waals surface area contributed by atoms with Gasteiger partial charge in [-0.2, -0.15) is 0 Å². The first-order valence-electron chi connectivity index (χ1n) is 6.47. The van der Waals surface area contributed by atoms with Gasteiger partial charge in [0.25, 0.3) is 0 Å². The summed E-state index contributed by atoms with van der Waals surface area (Å²) in [5, 5.41) is 3.46. The second kappa shape index (κ2) is 5.11. The Morgan fingerprint density at radius 2 is 1.87 bits per heavy atom. The molecule has 2 aliphatic rings. The van der Waals surface area contributed by atoms with E-state index in [0.29, 0.717) is 12.0 Å². The van der Waals surface area contributed by atoms with Crippen LogP contribution in [0.2, 0.25) is 0 Å². The van der Waals surface area contributed by atoms with Gasteiger partial charge in [0, 0.05) is 12.0 Å². The molecule has 0 aromatic rings. The minimum atomic E-state index is 0.347. The van der Waals surface area contributed by atoms with E-state index in [9.17, 15) is 4.79 Å². The maximum atomic E-state index is 10.9. The van der Waals surface area contributed by atoms with Gasteiger partial charge in [0.2, 0.25) is 0 Å². The van der Waals surface area contributed by atoms with Crippen molar-refractivity contribution in [2.75, 3.05) is 7.05 Å². The Morgan fingerprint density at radius 3 is 2.47 bits per heavy atom. The smallest absolute Gasteiger partial charge is 0.123 e. The van der Waals surface area contributed by atoms with Gasteiger partial charge >= 0.3 is 0 Å². The zero-order valence-electron chi connectivity index (χ0n) is 9.74. The molecule has 2 saturated carbocycles. The van der Waals surface area contributed by atoms with Crippen molar-refractivity contribution >= 4 is 6.29 Å². The number of carbonyl (C=O) groups excluding carboxylic acids is 1. The highest BCUT2D eigenvalue weighted by atomic mass is 16.1. The molecule has 2 heteroatoms. The summed E-state index contributed by atoms with van der Waals surface area (Å²) in [5.41, 5.74) is 0. The number of carbonyl (C=O) groups is 1. The molecule has 2 nitrogen and oxygen atoms in total. The summed E-state index contributed by atoms with van der Waals surface area (Å²) in [6.45, 7) is 0. The van der Waals surface area contributed by atoms with Gasteiger partial charge < -0.3 is 10.1 Å². The molecule has 2 aliphatic carbocycles. The summed E-state index contributed by atoms with van der Waals surface area (Å²) < 4.78 is 0. The van der Waals surface area contributed by atoms with Gasteiger partial charge in [-0.25, -0.2) is 0 Å². The summed E-state index contributed by atoms with van der Waals surface area (Å²) in [4.78, 5) is 10.9. The van der Waals surface area contributed by atoms with Crippen molar-refractivity contribution in [2.45, 2.75) is 51.0 Å². The molecule has 86 valence electrons. The van der Waals surface area contributed by atoms with Crippen molar-refractivity contribution in [2.24, 2.45) is 17.8 Å². The Hall–Kier alpha value is -0.370. The molecule has 15 heavy (non-hydrogen) atoms. The highest BCUT2D eigenvalue weighted by Crippen LogP contribution is 2.40. The van der Waals surface area contributed by atoms with Crippen molar-refractivity contribution in [3.63, 3.8) is 0 Å². The fourth-order valence-electron chi connectivity index (χ4n) is 3.63. The van der Waals surface area contributed by atoms with Crippen LogP contribution in [0.3, 0.4) is 0 Å². The zero-order valence-corrected chi connectivity index (χ0v) is 9.74. The molecule has 0 bridgehead atoms. The van der Waals surface area contributed by atoms with E-state index < -0.39 is 0 Å². The van der Waals surface area contributed by atoms with Crippen molar-refractivity contribution in [1.29, 1.82) is 0 Å². The third-order valence-electron chi connectivity index (χ3n) is 4.51. The molecule has 2 rings (SSSR count). The van der Waals surface area contributed by atoms with E-state index in [1.165, 1.54) is 38.4 Å². The lowest BCUT2D eigenvalue weighted by Crippen LogP contribution is -2.42. The molecule has 3 unspecified atom stereocenters. The molecule has 1 N–H and O–H groups in total. The van der Waals surface area contributed by atoms with Crippen LogP contribution in [0, 0.1) is 17.8 Å². The molecule has 0 spiro atoms. The summed E-state index contributed by atoms with van der Waals surface area (Å²) in [5.74, 6) is 2.01. The van der Waals surface area contributed by atoms with Crippen molar-refractivity contribution in [1.82, 2.24) is 5.32 Å². The predicted octanol–water partition coefficient (Wildman–Crippen LogP) is 2.38. The van der Waals surface area contributed by atoms with Crippen LogP contribution < -0.4 is 5.32 Å². The van der Waals surface area contributed by atoms with E-state index in [2.05, 4.69) is 12.4 Å². The molecule has 0 amide bonds. The Kier molecular flexibility index (Phi) is 3.79. The van der Waals surface area contributed by atoms with Gasteiger partial charge in [-0.3, -0.25) is 0 Å². The van der Waals surface area contributed by atoms with Crippen molar-refractivity contribution in [3.05, 3.63) is 0 Å². The molecule has 3 atom stereocenters. The minimum Gasteiger partial charge on any atom is -0.317 e. The lowest BCUT2D eigenvalue weighted by Gasteiger charge is -2.37. The molecule has 0 aliphatic heterocycles. The van der Waals surface area contributed by atoms with Gasteiger partial charge in [-0.1, -0.05) is 25.7 Å². The largest absolute Gasteiger partial charge is 0.317 e. The Morgan fingerprint density at radius 1 is 1.13 bits per heavy atom. The van der Waals surface area contributed by atoms with Crippen LogP contribution in [0.5, 0.6) is 0 Å². The molecular weight excluding hydrogens is 186 g/mol. The average molecular weight is 209 g/mol. The van der Waals surface area contributed by atoms with Gasteiger partial charge in [0.15, 0.2) is 0 Å². The van der Waals surface area contributed by atoms with E-state index >= 15 is 0 Å². The van der Waals surface area contributed by atoms with Gasteiger partial charge in [0.1, 0.15) is 6.29 Å². The minimum absolute atomic E-state index is 0.347. The normalized spacial score (nSPS) is 38.1. The molecule has 2 fully saturated rings. The maximum Gasteiger partial charge on any atom is 0.123 e. The first-order chi connectivity index (χ1) is 7.35. The molecule has 0 heterocycles. The maximum absolute atomic E-state index is 10.9. The number of aldehydes is 1. The fourth-order valence-corrected chi connectivity index (χ4v) is 3.63. The zero-order chi connectivity index (χ0) is 10.7. The van der Waals surface area contributed by atoms with E-state index in [4.69, 9.17) is 0 Å². The molecule has 0 saturated heterocycles. The third kappa shape index (κ3) is 2.41. The Bertz CT molecular complexity index is 209. The molecule has 0 radical (unpaired) electrons. The topological polar surface area (TPSA) is 29.1 Å². The standard InChI is InChI=1S/C13H23NO/c1-14-13-7-6-10(9-15)8-12(13)11-4-2-3-5-11/h9-14H,2-8H2,1H3. The highest BCUT2D eigenvalue weighted by Gasteiger charge is 2.35. The summed E-state index contributed by atoms with van der Waals surface area (Å²) in [6.07, 6.45) is 10.2. The van der Waals surface area contributed by atoms with Gasteiger partial charge in [-0.05, 0) is 38.1 Å². The number of hydrogen-bond donors (Lipinski definition) is 1. The SMILES string of the molecule is CNC1CCC(C=O)CC1C1CCCC1. The van der Waals surface area contributed by atoms with Crippen LogP contribution in [0.4, 0.5) is 0 Å². The summed E-state index contributed by atoms with van der Waals surface area (Å²) >= 11 is 0. The molecular formula is C13H23NO. The predicted molar refractivity (Wildman–Crippen MR) is 61.7 cm³/mol. The van der Waals surface area contributed by atoms with Crippen LogP contribution >= 0.6 is 0 Å². The second-order valence-electron chi connectivity index (χ2n) is 5.31. The lowest BCUT2D eigenvalue weighted by molar-refractivity contribution is -0.112. The van der Waals surface area contributed by atoms with Crippen molar-refractivity contribution in [3.8, 4) is 0 Å². The second-order valence-corrected chi connectivity index (χ2v) is 5.31. The van der Waals surface area contributed by atoms with E-state index in [-0.39, 0.29) is 0 Å². The van der Waals surface area contributed by atoms with Crippen LogP contribution in [0.15, 0.2) is 0 Å². The summed E-state index contributed by atoms with van der Waals surface area (Å²) in [6, 6.07) is 0.671. The third-order valence-corrected chi connectivity index (χ3v) is 4.51. The average Bonchev–Trinajstić information content (AvgIpc) is 2.81. The fraction of sp³-hybridized carbons (Fsp3) is 0.923. The van der Waals surface area contributed by atoms with E-state index in [1.54, 1.807) is 0 Å². The van der Waals surface area contributed by atoms with Crippen LogP contribution in [0.25, 0.3) is 0 Å². The highest BCUT2D eigenvalue weighted by molar-refractivity contribution is 5.53. The number of nitrogens with one attached hydrogen (secondary N) is 1. The molecule has 0 aromatic heterocycles. The first kappa shape index (κ1) is 11.1. The quantitative estimate of drug-likeness (QED) is 0.723. The van der Waals surface area contributed by atoms with Crippen LogP contribution in [-0.2, 0) is 4.79 Å². The molecule has 0 aromatic carbocycles. The number of hydrogen-bond acceptors (Lipinski definition) is 2. The van der Waals surface area contributed by atoms with Gasteiger partial charge in [0.05, 0.1) is 0 Å². The summed E-state index contributed by atoms with van der Waals surface area (Å²) in [7, 11) is 2.08. The van der Waals surface area contributed by atoms with E-state index in [0.717, 1.165) is 24.7 Å². The Labute approximate surface area is 92.8 Å². The lowest BCUT2D eigenvalue weighted by atomic mass is 9.72. The first-order valence-corrected chi connectivity index (χ1v) is 6.47. The van der Waals surface area contributed by atoms with Gasteiger partial charge in [-0.15, -0.1) is 0 Å². The number of rotatable bonds is 3. The van der Waals surface area contributed by atoms with E-state index in [1.807, 2.05) is 0 Å². The van der Waals surface area contributed by atoms with Crippen LogP contribution in [0.1, 0.15) is 44.9 Å². The van der Waals surface area contributed by atoms with Crippen LogP contribution in [-0.4, -0.2) is 19.4 Å². The monoisotopic (exact) mass is 209 g/mol. The van der Waals surface area contributed by atoms with Crippen molar-refractivity contribution < 1.29 is 4.79 Å².